The predicted octanol–water partition coefficient (Wildman–Crippen LogP) is 3.35. The van der Waals surface area contributed by atoms with Crippen molar-refractivity contribution in [2.24, 2.45) is 0 Å². The second kappa shape index (κ2) is 4.64. The highest BCUT2D eigenvalue weighted by molar-refractivity contribution is 5.96. The molecular formula is C13H15FO2. The molecule has 0 amide bonds. The van der Waals surface area contributed by atoms with E-state index in [4.69, 9.17) is 4.74 Å². The van der Waals surface area contributed by atoms with E-state index in [0.29, 0.717) is 5.56 Å². The molecule has 1 fully saturated rings. The van der Waals surface area contributed by atoms with E-state index in [0.717, 1.165) is 25.7 Å². The number of halogens is 1. The third-order valence-corrected chi connectivity index (χ3v) is 2.93. The van der Waals surface area contributed by atoms with Crippen molar-refractivity contribution in [2.45, 2.75) is 38.7 Å². The number of hydrogen-bond acceptors (Lipinski definition) is 2. The van der Waals surface area contributed by atoms with Crippen LogP contribution in [0.4, 0.5) is 4.39 Å². The molecule has 2 rings (SSSR count). The standard InChI is InChI=1S/C13H15FO2/c1-9(15)11-7-4-8-12(14)13(11)16-10-5-2-3-6-10/h4,7-8,10H,2-3,5-6H2,1H3. The SMILES string of the molecule is CC(=O)c1cccc(F)c1OC1CCCC1. The second-order valence-electron chi connectivity index (χ2n) is 4.20. The largest absolute Gasteiger partial charge is 0.487 e. The summed E-state index contributed by atoms with van der Waals surface area (Å²) >= 11 is 0. The zero-order chi connectivity index (χ0) is 11.5. The van der Waals surface area contributed by atoms with E-state index < -0.39 is 5.82 Å². The number of ether oxygens (including phenoxy) is 1. The van der Waals surface area contributed by atoms with Crippen LogP contribution in [0.15, 0.2) is 18.2 Å². The Bertz CT molecular complexity index is 395. The van der Waals surface area contributed by atoms with Gasteiger partial charge in [0.1, 0.15) is 0 Å². The van der Waals surface area contributed by atoms with E-state index in [9.17, 15) is 9.18 Å². The highest BCUT2D eigenvalue weighted by Crippen LogP contribution is 2.29. The normalized spacial score (nSPS) is 16.4. The highest BCUT2D eigenvalue weighted by Gasteiger charge is 2.21. The van der Waals surface area contributed by atoms with Crippen molar-refractivity contribution in [3.63, 3.8) is 0 Å². The molecule has 2 nitrogen and oxygen atoms in total. The van der Waals surface area contributed by atoms with E-state index in [1.165, 1.54) is 19.1 Å². The molecule has 0 spiro atoms. The molecule has 0 aromatic heterocycles. The lowest BCUT2D eigenvalue weighted by molar-refractivity contribution is 0.100. The fourth-order valence-electron chi connectivity index (χ4n) is 2.08. The summed E-state index contributed by atoms with van der Waals surface area (Å²) in [5.74, 6) is -0.478. The number of carbonyl (C=O) groups excluding carboxylic acids is 1. The molecule has 1 aliphatic rings. The van der Waals surface area contributed by atoms with Crippen LogP contribution in [0.3, 0.4) is 0 Å². The summed E-state index contributed by atoms with van der Waals surface area (Å²) in [5, 5.41) is 0. The molecule has 0 aliphatic heterocycles. The Morgan fingerprint density at radius 3 is 2.69 bits per heavy atom. The van der Waals surface area contributed by atoms with E-state index in [1.807, 2.05) is 0 Å². The summed E-state index contributed by atoms with van der Waals surface area (Å²) in [4.78, 5) is 11.3. The Morgan fingerprint density at radius 1 is 1.38 bits per heavy atom. The van der Waals surface area contributed by atoms with Gasteiger partial charge in [0.15, 0.2) is 17.3 Å². The first-order chi connectivity index (χ1) is 7.68. The van der Waals surface area contributed by atoms with Gasteiger partial charge in [-0.1, -0.05) is 6.07 Å². The lowest BCUT2D eigenvalue weighted by Gasteiger charge is -2.15. The Kier molecular flexibility index (Phi) is 3.22. The van der Waals surface area contributed by atoms with Crippen molar-refractivity contribution in [3.8, 4) is 5.75 Å². The average molecular weight is 222 g/mol. The molecule has 0 atom stereocenters. The third-order valence-electron chi connectivity index (χ3n) is 2.93. The van der Waals surface area contributed by atoms with Gasteiger partial charge in [0.25, 0.3) is 0 Å². The zero-order valence-electron chi connectivity index (χ0n) is 9.33. The number of rotatable bonds is 3. The maximum atomic E-state index is 13.6. The van der Waals surface area contributed by atoms with Crippen LogP contribution in [0, 0.1) is 5.82 Å². The minimum absolute atomic E-state index is 0.0648. The van der Waals surface area contributed by atoms with Crippen molar-refractivity contribution < 1.29 is 13.9 Å². The van der Waals surface area contributed by atoms with E-state index in [-0.39, 0.29) is 17.6 Å². The van der Waals surface area contributed by atoms with Gasteiger partial charge in [-0.15, -0.1) is 0 Å². The molecule has 0 heterocycles. The van der Waals surface area contributed by atoms with Crippen molar-refractivity contribution in [3.05, 3.63) is 29.6 Å². The molecule has 0 saturated heterocycles. The lowest BCUT2D eigenvalue weighted by atomic mass is 10.1. The molecule has 16 heavy (non-hydrogen) atoms. The first kappa shape index (κ1) is 11.1. The number of hydrogen-bond donors (Lipinski definition) is 0. The number of Topliss-reactive ketones (excluding diaryl/α,β-unsaturated/α-hetero) is 1. The number of ketones is 1. The van der Waals surface area contributed by atoms with Crippen LogP contribution in [0.1, 0.15) is 43.0 Å². The maximum absolute atomic E-state index is 13.6. The smallest absolute Gasteiger partial charge is 0.166 e. The Hall–Kier alpha value is -1.38. The summed E-state index contributed by atoms with van der Waals surface area (Å²) in [7, 11) is 0. The monoisotopic (exact) mass is 222 g/mol. The molecule has 0 radical (unpaired) electrons. The molecule has 0 bridgehead atoms. The Labute approximate surface area is 94.4 Å². The summed E-state index contributed by atoms with van der Waals surface area (Å²) in [6.07, 6.45) is 4.20. The van der Waals surface area contributed by atoms with Crippen molar-refractivity contribution >= 4 is 5.78 Å². The van der Waals surface area contributed by atoms with Crippen LogP contribution in [-0.4, -0.2) is 11.9 Å². The third kappa shape index (κ3) is 2.23. The van der Waals surface area contributed by atoms with Crippen LogP contribution >= 0.6 is 0 Å². The van der Waals surface area contributed by atoms with E-state index in [1.54, 1.807) is 6.07 Å². The maximum Gasteiger partial charge on any atom is 0.166 e. The highest BCUT2D eigenvalue weighted by atomic mass is 19.1. The van der Waals surface area contributed by atoms with Crippen LogP contribution in [0.2, 0.25) is 0 Å². The van der Waals surface area contributed by atoms with Crippen LogP contribution in [-0.2, 0) is 0 Å². The number of benzene rings is 1. The van der Waals surface area contributed by atoms with Gasteiger partial charge < -0.3 is 4.74 Å². The van der Waals surface area contributed by atoms with Crippen molar-refractivity contribution in [1.82, 2.24) is 0 Å². The predicted molar refractivity (Wildman–Crippen MR) is 59.3 cm³/mol. The molecule has 1 aromatic rings. The van der Waals surface area contributed by atoms with Gasteiger partial charge >= 0.3 is 0 Å². The van der Waals surface area contributed by atoms with Gasteiger partial charge in [-0.3, -0.25) is 4.79 Å². The topological polar surface area (TPSA) is 26.3 Å². The lowest BCUT2D eigenvalue weighted by Crippen LogP contribution is -2.14. The van der Waals surface area contributed by atoms with Crippen LogP contribution in [0.5, 0.6) is 5.75 Å². The summed E-state index contributed by atoms with van der Waals surface area (Å²) in [6.45, 7) is 1.43. The molecule has 3 heteroatoms. The Balaban J connectivity index is 2.26. The minimum atomic E-state index is -0.445. The van der Waals surface area contributed by atoms with Gasteiger partial charge in [-0.2, -0.15) is 0 Å². The van der Waals surface area contributed by atoms with E-state index in [2.05, 4.69) is 0 Å². The average Bonchev–Trinajstić information content (AvgIpc) is 2.73. The number of para-hydroxylation sites is 1. The van der Waals surface area contributed by atoms with Crippen molar-refractivity contribution in [1.29, 1.82) is 0 Å². The second-order valence-corrected chi connectivity index (χ2v) is 4.20. The first-order valence-electron chi connectivity index (χ1n) is 5.64. The molecule has 0 unspecified atom stereocenters. The molecular weight excluding hydrogens is 207 g/mol. The quantitative estimate of drug-likeness (QED) is 0.733. The summed E-state index contributed by atoms with van der Waals surface area (Å²) in [6, 6.07) is 4.47. The minimum Gasteiger partial charge on any atom is -0.487 e. The van der Waals surface area contributed by atoms with Crippen LogP contribution < -0.4 is 4.74 Å². The van der Waals surface area contributed by atoms with Gasteiger partial charge in [-0.05, 0) is 44.7 Å². The molecule has 1 saturated carbocycles. The molecule has 1 aliphatic carbocycles. The molecule has 86 valence electrons. The Morgan fingerprint density at radius 2 is 2.06 bits per heavy atom. The number of carbonyl (C=O) groups is 1. The summed E-state index contributed by atoms with van der Waals surface area (Å²) < 4.78 is 19.2. The molecule has 1 aromatic carbocycles. The fraction of sp³-hybridized carbons (Fsp3) is 0.462. The van der Waals surface area contributed by atoms with Gasteiger partial charge in [-0.25, -0.2) is 4.39 Å². The van der Waals surface area contributed by atoms with E-state index >= 15 is 0 Å². The van der Waals surface area contributed by atoms with Crippen LogP contribution in [0.25, 0.3) is 0 Å². The van der Waals surface area contributed by atoms with Gasteiger partial charge in [0.2, 0.25) is 0 Å². The van der Waals surface area contributed by atoms with Gasteiger partial charge in [0.05, 0.1) is 11.7 Å². The first-order valence-corrected chi connectivity index (χ1v) is 5.64. The molecule has 0 N–H and O–H groups in total. The van der Waals surface area contributed by atoms with Crippen molar-refractivity contribution in [2.75, 3.05) is 0 Å². The summed E-state index contributed by atoms with van der Waals surface area (Å²) in [5.41, 5.74) is 0.340. The zero-order valence-corrected chi connectivity index (χ0v) is 9.33. The fourth-order valence-corrected chi connectivity index (χ4v) is 2.08. The van der Waals surface area contributed by atoms with Gasteiger partial charge in [0, 0.05) is 0 Å².